The lowest BCUT2D eigenvalue weighted by atomic mass is 10.2. The summed E-state index contributed by atoms with van der Waals surface area (Å²) in [6.07, 6.45) is 1.60. The minimum atomic E-state index is -3.91. The van der Waals surface area contributed by atoms with Crippen molar-refractivity contribution in [3.8, 4) is 23.0 Å². The van der Waals surface area contributed by atoms with E-state index in [0.717, 1.165) is 11.3 Å². The van der Waals surface area contributed by atoms with Crippen LogP contribution in [0.1, 0.15) is 17.1 Å². The highest BCUT2D eigenvalue weighted by Crippen LogP contribution is 2.26. The van der Waals surface area contributed by atoms with Crippen LogP contribution in [-0.2, 0) is 16.6 Å². The van der Waals surface area contributed by atoms with Gasteiger partial charge in [-0.05, 0) is 38.1 Å². The zero-order valence-corrected chi connectivity index (χ0v) is 15.8. The van der Waals surface area contributed by atoms with Gasteiger partial charge in [0.1, 0.15) is 11.4 Å². The molecule has 10 nitrogen and oxygen atoms in total. The lowest BCUT2D eigenvalue weighted by Gasteiger charge is -2.01. The maximum atomic E-state index is 12.5. The topological polar surface area (TPSA) is 140 Å². The highest BCUT2D eigenvalue weighted by atomic mass is 32.2. The molecule has 144 valence electrons. The Hall–Kier alpha value is -3.31. The Balaban J connectivity index is 1.48. The minimum absolute atomic E-state index is 0.106. The number of hydrogen-bond donors (Lipinski definition) is 2. The van der Waals surface area contributed by atoms with E-state index in [-0.39, 0.29) is 23.4 Å². The molecule has 0 atom stereocenters. The molecule has 0 saturated heterocycles. The van der Waals surface area contributed by atoms with Gasteiger partial charge in [0, 0.05) is 17.5 Å². The Labute approximate surface area is 160 Å². The van der Waals surface area contributed by atoms with Crippen LogP contribution in [0.3, 0.4) is 0 Å². The van der Waals surface area contributed by atoms with Crippen LogP contribution in [-0.4, -0.2) is 33.7 Å². The second-order valence-corrected chi connectivity index (χ2v) is 7.69. The number of aromatic amines is 1. The number of nitrogens with one attached hydrogen (secondary N) is 2. The standard InChI is InChI=1S/C17H16N6O4S/c1-10-11(2)21-22-16(10)13-6-7-15(26-13)28(24,25)19-9-14-20-17(23-27-14)12-5-3-4-8-18-12/h3-8,19H,9H2,1-2H3,(H,21,22). The molecular formula is C17H16N6O4S. The van der Waals surface area contributed by atoms with E-state index in [1.54, 1.807) is 30.5 Å². The normalized spacial score (nSPS) is 11.8. The van der Waals surface area contributed by atoms with Crippen molar-refractivity contribution in [1.82, 2.24) is 30.0 Å². The Kier molecular flexibility index (Phi) is 4.53. The molecule has 0 bridgehead atoms. The SMILES string of the molecule is Cc1[nH]nc(-c2ccc(S(=O)(=O)NCc3nc(-c4ccccn4)no3)o2)c1C. The Morgan fingerprint density at radius 1 is 1.18 bits per heavy atom. The molecule has 11 heteroatoms. The molecule has 0 unspecified atom stereocenters. The third kappa shape index (κ3) is 3.44. The number of furan rings is 1. The lowest BCUT2D eigenvalue weighted by molar-refractivity contribution is 0.374. The minimum Gasteiger partial charge on any atom is -0.442 e. The lowest BCUT2D eigenvalue weighted by Crippen LogP contribution is -2.22. The van der Waals surface area contributed by atoms with Gasteiger partial charge in [0.05, 0.1) is 6.54 Å². The zero-order valence-electron chi connectivity index (χ0n) is 15.0. The van der Waals surface area contributed by atoms with Gasteiger partial charge in [0.2, 0.25) is 16.8 Å². The molecule has 0 aliphatic carbocycles. The summed E-state index contributed by atoms with van der Waals surface area (Å²) in [4.78, 5) is 8.24. The van der Waals surface area contributed by atoms with Gasteiger partial charge in [-0.2, -0.15) is 14.8 Å². The van der Waals surface area contributed by atoms with E-state index < -0.39 is 10.0 Å². The molecule has 0 aliphatic rings. The van der Waals surface area contributed by atoms with Gasteiger partial charge in [-0.25, -0.2) is 8.42 Å². The first-order valence-electron chi connectivity index (χ1n) is 8.29. The highest BCUT2D eigenvalue weighted by molar-refractivity contribution is 7.89. The number of aromatic nitrogens is 5. The van der Waals surface area contributed by atoms with Crippen molar-refractivity contribution in [3.63, 3.8) is 0 Å². The van der Waals surface area contributed by atoms with Crippen molar-refractivity contribution in [2.75, 3.05) is 0 Å². The van der Waals surface area contributed by atoms with Gasteiger partial charge in [-0.15, -0.1) is 0 Å². The Bertz CT molecular complexity index is 1210. The first-order chi connectivity index (χ1) is 13.4. The smallest absolute Gasteiger partial charge is 0.274 e. The molecule has 0 aliphatic heterocycles. The number of H-pyrrole nitrogens is 1. The van der Waals surface area contributed by atoms with Crippen LogP contribution in [0.2, 0.25) is 0 Å². The summed E-state index contributed by atoms with van der Waals surface area (Å²) < 4.78 is 37.9. The second kappa shape index (κ2) is 7.02. The van der Waals surface area contributed by atoms with Crippen LogP contribution in [0.25, 0.3) is 23.0 Å². The molecule has 4 heterocycles. The predicted octanol–water partition coefficient (Wildman–Crippen LogP) is 2.21. The quantitative estimate of drug-likeness (QED) is 0.502. The fraction of sp³-hybridized carbons (Fsp3) is 0.176. The van der Waals surface area contributed by atoms with E-state index in [4.69, 9.17) is 8.94 Å². The Morgan fingerprint density at radius 3 is 2.75 bits per heavy atom. The molecule has 0 aromatic carbocycles. The van der Waals surface area contributed by atoms with Crippen molar-refractivity contribution in [1.29, 1.82) is 0 Å². The van der Waals surface area contributed by atoms with Crippen LogP contribution in [0, 0.1) is 13.8 Å². The van der Waals surface area contributed by atoms with Crippen molar-refractivity contribution in [2.45, 2.75) is 25.5 Å². The average Bonchev–Trinajstić information content (AvgIpc) is 3.43. The highest BCUT2D eigenvalue weighted by Gasteiger charge is 2.22. The fourth-order valence-electron chi connectivity index (χ4n) is 2.47. The van der Waals surface area contributed by atoms with E-state index in [1.807, 2.05) is 13.8 Å². The molecule has 2 N–H and O–H groups in total. The molecule has 0 fully saturated rings. The summed E-state index contributed by atoms with van der Waals surface area (Å²) in [5.41, 5.74) is 2.87. The summed E-state index contributed by atoms with van der Waals surface area (Å²) in [6, 6.07) is 8.21. The number of nitrogens with zero attached hydrogens (tertiary/aromatic N) is 4. The molecular weight excluding hydrogens is 384 g/mol. The summed E-state index contributed by atoms with van der Waals surface area (Å²) in [6.45, 7) is 3.56. The monoisotopic (exact) mass is 400 g/mol. The third-order valence-corrected chi connectivity index (χ3v) is 5.38. The van der Waals surface area contributed by atoms with E-state index in [1.165, 1.54) is 6.07 Å². The van der Waals surface area contributed by atoms with E-state index >= 15 is 0 Å². The summed E-state index contributed by atoms with van der Waals surface area (Å²) in [5, 5.41) is 10.5. The van der Waals surface area contributed by atoms with Crippen molar-refractivity contribution >= 4 is 10.0 Å². The van der Waals surface area contributed by atoms with Crippen molar-refractivity contribution in [2.24, 2.45) is 0 Å². The first-order valence-corrected chi connectivity index (χ1v) is 9.78. The van der Waals surface area contributed by atoms with Gasteiger partial charge in [0.15, 0.2) is 5.76 Å². The average molecular weight is 400 g/mol. The van der Waals surface area contributed by atoms with Crippen molar-refractivity contribution < 1.29 is 17.4 Å². The predicted molar refractivity (Wildman–Crippen MR) is 97.3 cm³/mol. The van der Waals surface area contributed by atoms with Gasteiger partial charge in [0.25, 0.3) is 10.0 Å². The maximum absolute atomic E-state index is 12.5. The maximum Gasteiger partial charge on any atom is 0.274 e. The van der Waals surface area contributed by atoms with Gasteiger partial charge in [-0.1, -0.05) is 11.2 Å². The molecule has 0 radical (unpaired) electrons. The number of aryl methyl sites for hydroxylation is 1. The van der Waals surface area contributed by atoms with E-state index in [2.05, 4.69) is 30.0 Å². The van der Waals surface area contributed by atoms with Gasteiger partial charge in [-0.3, -0.25) is 10.1 Å². The number of rotatable bonds is 6. The molecule has 28 heavy (non-hydrogen) atoms. The molecule has 0 saturated carbocycles. The fourth-order valence-corrected chi connectivity index (χ4v) is 3.37. The van der Waals surface area contributed by atoms with E-state index in [0.29, 0.717) is 17.1 Å². The van der Waals surface area contributed by atoms with Gasteiger partial charge >= 0.3 is 0 Å². The molecule has 4 rings (SSSR count). The van der Waals surface area contributed by atoms with Crippen LogP contribution in [0.4, 0.5) is 0 Å². The molecule has 0 spiro atoms. The zero-order chi connectivity index (χ0) is 19.7. The van der Waals surface area contributed by atoms with Gasteiger partial charge < -0.3 is 8.94 Å². The van der Waals surface area contributed by atoms with E-state index in [9.17, 15) is 8.42 Å². The summed E-state index contributed by atoms with van der Waals surface area (Å²) in [7, 11) is -3.91. The first kappa shape index (κ1) is 18.1. The summed E-state index contributed by atoms with van der Waals surface area (Å²) >= 11 is 0. The third-order valence-electron chi connectivity index (χ3n) is 4.11. The largest absolute Gasteiger partial charge is 0.442 e. The Morgan fingerprint density at radius 2 is 2.04 bits per heavy atom. The van der Waals surface area contributed by atoms with Crippen molar-refractivity contribution in [3.05, 3.63) is 53.7 Å². The van der Waals surface area contributed by atoms with Crippen LogP contribution < -0.4 is 4.72 Å². The number of hydrogen-bond acceptors (Lipinski definition) is 8. The van der Waals surface area contributed by atoms with Crippen LogP contribution in [0.15, 0.2) is 50.6 Å². The summed E-state index contributed by atoms with van der Waals surface area (Å²) in [5.74, 6) is 0.742. The van der Waals surface area contributed by atoms with Crippen LogP contribution in [0.5, 0.6) is 0 Å². The molecule has 4 aromatic rings. The number of pyridine rings is 1. The number of sulfonamides is 1. The second-order valence-electron chi connectivity index (χ2n) is 5.99. The molecule has 4 aromatic heterocycles. The van der Waals surface area contributed by atoms with Crippen LogP contribution >= 0.6 is 0 Å². The molecule has 0 amide bonds.